The van der Waals surface area contributed by atoms with Gasteiger partial charge in [0.2, 0.25) is 0 Å². The number of aryl methyl sites for hydroxylation is 1. The van der Waals surface area contributed by atoms with E-state index in [0.29, 0.717) is 11.8 Å². The molecule has 1 rings (SSSR count). The summed E-state index contributed by atoms with van der Waals surface area (Å²) in [6.45, 7) is 8.61. The summed E-state index contributed by atoms with van der Waals surface area (Å²) in [7, 11) is 0. The van der Waals surface area contributed by atoms with Gasteiger partial charge in [-0.05, 0) is 12.8 Å². The van der Waals surface area contributed by atoms with Crippen LogP contribution >= 0.6 is 11.3 Å². The Hall–Kier alpha value is -0.440. The van der Waals surface area contributed by atoms with Gasteiger partial charge in [-0.15, -0.1) is 21.5 Å². The van der Waals surface area contributed by atoms with Crippen LogP contribution in [0.3, 0.4) is 0 Å². The van der Waals surface area contributed by atoms with Crippen LogP contribution in [0.25, 0.3) is 0 Å². The van der Waals surface area contributed by atoms with Gasteiger partial charge in [-0.1, -0.05) is 20.8 Å². The van der Waals surface area contributed by atoms with Gasteiger partial charge >= 0.3 is 0 Å². The standard InChI is InChI=1S/C8H14N2S/c1-5(2)6(3)8-10-9-7(4)11-8/h5-6H,1-4H3. The molecule has 0 spiro atoms. The van der Waals surface area contributed by atoms with Crippen LogP contribution in [0.5, 0.6) is 0 Å². The zero-order valence-electron chi connectivity index (χ0n) is 7.46. The number of hydrogen-bond acceptors (Lipinski definition) is 3. The van der Waals surface area contributed by atoms with Gasteiger partial charge in [0.25, 0.3) is 0 Å². The monoisotopic (exact) mass is 170 g/mol. The third-order valence-electron chi connectivity index (χ3n) is 1.93. The second kappa shape index (κ2) is 3.30. The molecule has 1 atom stereocenters. The van der Waals surface area contributed by atoms with Crippen molar-refractivity contribution in [1.82, 2.24) is 10.2 Å². The highest BCUT2D eigenvalue weighted by atomic mass is 32.1. The fourth-order valence-corrected chi connectivity index (χ4v) is 1.71. The van der Waals surface area contributed by atoms with Crippen LogP contribution in [0.1, 0.15) is 36.7 Å². The van der Waals surface area contributed by atoms with Crippen molar-refractivity contribution in [2.24, 2.45) is 5.92 Å². The van der Waals surface area contributed by atoms with Crippen molar-refractivity contribution in [3.63, 3.8) is 0 Å². The summed E-state index contributed by atoms with van der Waals surface area (Å²) in [4.78, 5) is 0. The quantitative estimate of drug-likeness (QED) is 0.682. The Morgan fingerprint density at radius 3 is 2.18 bits per heavy atom. The highest BCUT2D eigenvalue weighted by Gasteiger charge is 2.13. The molecule has 0 fully saturated rings. The minimum Gasteiger partial charge on any atom is -0.144 e. The minimum absolute atomic E-state index is 0.543. The van der Waals surface area contributed by atoms with Crippen LogP contribution in [0, 0.1) is 12.8 Å². The number of aromatic nitrogens is 2. The molecule has 0 amide bonds. The first-order valence-corrected chi connectivity index (χ1v) is 4.73. The summed E-state index contributed by atoms with van der Waals surface area (Å²) in [6.07, 6.45) is 0. The summed E-state index contributed by atoms with van der Waals surface area (Å²) in [5, 5.41) is 10.3. The Labute approximate surface area is 71.7 Å². The summed E-state index contributed by atoms with van der Waals surface area (Å²) in [6, 6.07) is 0. The maximum Gasteiger partial charge on any atom is 0.120 e. The third-order valence-corrected chi connectivity index (χ3v) is 2.97. The average molecular weight is 170 g/mol. The van der Waals surface area contributed by atoms with Gasteiger partial charge in [0.05, 0.1) is 0 Å². The topological polar surface area (TPSA) is 25.8 Å². The van der Waals surface area contributed by atoms with E-state index >= 15 is 0 Å². The molecule has 11 heavy (non-hydrogen) atoms. The van der Waals surface area contributed by atoms with Crippen molar-refractivity contribution in [3.05, 3.63) is 10.0 Å². The van der Waals surface area contributed by atoms with Crippen LogP contribution in [0.15, 0.2) is 0 Å². The maximum atomic E-state index is 4.11. The van der Waals surface area contributed by atoms with E-state index in [1.165, 1.54) is 0 Å². The van der Waals surface area contributed by atoms with Crippen molar-refractivity contribution >= 4 is 11.3 Å². The van der Waals surface area contributed by atoms with E-state index < -0.39 is 0 Å². The highest BCUT2D eigenvalue weighted by molar-refractivity contribution is 7.11. The molecule has 1 heterocycles. The molecule has 0 bridgehead atoms. The number of hydrogen-bond donors (Lipinski definition) is 0. The van der Waals surface area contributed by atoms with Crippen LogP contribution in [0.2, 0.25) is 0 Å². The van der Waals surface area contributed by atoms with E-state index in [0.717, 1.165) is 10.0 Å². The second-order valence-electron chi connectivity index (χ2n) is 3.19. The van der Waals surface area contributed by atoms with Gasteiger partial charge in [-0.25, -0.2) is 0 Å². The molecule has 0 saturated carbocycles. The van der Waals surface area contributed by atoms with Crippen molar-refractivity contribution in [2.45, 2.75) is 33.6 Å². The fraction of sp³-hybridized carbons (Fsp3) is 0.750. The molecule has 0 aliphatic rings. The SMILES string of the molecule is Cc1nnc(C(C)C(C)C)s1. The van der Waals surface area contributed by atoms with Gasteiger partial charge in [-0.3, -0.25) is 0 Å². The first-order valence-electron chi connectivity index (χ1n) is 3.91. The normalized spacial score (nSPS) is 13.9. The molecule has 0 aliphatic heterocycles. The predicted molar refractivity (Wildman–Crippen MR) is 47.9 cm³/mol. The first kappa shape index (κ1) is 8.65. The van der Waals surface area contributed by atoms with Gasteiger partial charge in [-0.2, -0.15) is 0 Å². The maximum absolute atomic E-state index is 4.11. The molecule has 0 aromatic carbocycles. The van der Waals surface area contributed by atoms with E-state index in [1.807, 2.05) is 6.92 Å². The molecule has 1 aromatic heterocycles. The Bertz CT molecular complexity index is 230. The van der Waals surface area contributed by atoms with Gasteiger partial charge < -0.3 is 0 Å². The lowest BCUT2D eigenvalue weighted by atomic mass is 9.99. The smallest absolute Gasteiger partial charge is 0.120 e. The Balaban J connectivity index is 2.76. The van der Waals surface area contributed by atoms with E-state index in [2.05, 4.69) is 31.0 Å². The molecule has 0 radical (unpaired) electrons. The highest BCUT2D eigenvalue weighted by Crippen LogP contribution is 2.25. The lowest BCUT2D eigenvalue weighted by Gasteiger charge is -2.10. The van der Waals surface area contributed by atoms with E-state index in [9.17, 15) is 0 Å². The van der Waals surface area contributed by atoms with Gasteiger partial charge in [0, 0.05) is 5.92 Å². The molecule has 62 valence electrons. The minimum atomic E-state index is 0.543. The summed E-state index contributed by atoms with van der Waals surface area (Å²) in [5.74, 6) is 1.20. The van der Waals surface area contributed by atoms with Gasteiger partial charge in [0.1, 0.15) is 10.0 Å². The molecule has 1 aromatic rings. The van der Waals surface area contributed by atoms with E-state index in [1.54, 1.807) is 11.3 Å². The van der Waals surface area contributed by atoms with E-state index in [-0.39, 0.29) is 0 Å². The third kappa shape index (κ3) is 1.99. The molecule has 2 nitrogen and oxygen atoms in total. The van der Waals surface area contributed by atoms with Crippen molar-refractivity contribution in [1.29, 1.82) is 0 Å². The zero-order chi connectivity index (χ0) is 8.43. The van der Waals surface area contributed by atoms with Gasteiger partial charge in [0.15, 0.2) is 0 Å². The van der Waals surface area contributed by atoms with Crippen molar-refractivity contribution in [3.8, 4) is 0 Å². The molecule has 3 heteroatoms. The second-order valence-corrected chi connectivity index (χ2v) is 4.41. The summed E-state index contributed by atoms with van der Waals surface area (Å²) >= 11 is 1.70. The first-order chi connectivity index (χ1) is 5.11. The summed E-state index contributed by atoms with van der Waals surface area (Å²) < 4.78 is 0. The molecular formula is C8H14N2S. The van der Waals surface area contributed by atoms with Crippen molar-refractivity contribution in [2.75, 3.05) is 0 Å². The number of rotatable bonds is 2. The molecule has 0 N–H and O–H groups in total. The van der Waals surface area contributed by atoms with Crippen LogP contribution < -0.4 is 0 Å². The fourth-order valence-electron chi connectivity index (χ4n) is 0.781. The van der Waals surface area contributed by atoms with Crippen LogP contribution in [-0.4, -0.2) is 10.2 Å². The Morgan fingerprint density at radius 2 is 1.82 bits per heavy atom. The van der Waals surface area contributed by atoms with Crippen LogP contribution in [0.4, 0.5) is 0 Å². The number of nitrogens with zero attached hydrogens (tertiary/aromatic N) is 2. The average Bonchev–Trinajstić information content (AvgIpc) is 2.34. The Morgan fingerprint density at radius 1 is 1.18 bits per heavy atom. The molecule has 0 aliphatic carbocycles. The lowest BCUT2D eigenvalue weighted by molar-refractivity contribution is 0.529. The van der Waals surface area contributed by atoms with E-state index in [4.69, 9.17) is 0 Å². The largest absolute Gasteiger partial charge is 0.144 e. The Kier molecular flexibility index (Phi) is 2.60. The molecule has 0 saturated heterocycles. The zero-order valence-corrected chi connectivity index (χ0v) is 8.27. The summed E-state index contributed by atoms with van der Waals surface area (Å²) in [5.41, 5.74) is 0. The predicted octanol–water partition coefficient (Wildman–Crippen LogP) is 2.61. The van der Waals surface area contributed by atoms with Crippen LogP contribution in [-0.2, 0) is 0 Å². The molecular weight excluding hydrogens is 156 g/mol. The lowest BCUT2D eigenvalue weighted by Crippen LogP contribution is -2.00. The molecule has 1 unspecified atom stereocenters. The van der Waals surface area contributed by atoms with Crippen molar-refractivity contribution < 1.29 is 0 Å².